The van der Waals surface area contributed by atoms with Crippen LogP contribution in [0, 0.1) is 0 Å². The molecule has 26 heteroatoms. The van der Waals surface area contributed by atoms with Gasteiger partial charge in [0.05, 0.1) is 14.4 Å². The van der Waals surface area contributed by atoms with E-state index in [4.69, 9.17) is 10.5 Å². The predicted molar refractivity (Wildman–Crippen MR) is 112 cm³/mol. The molecule has 0 aromatic carbocycles. The molecule has 1 saturated heterocycles. The van der Waals surface area contributed by atoms with Crippen LogP contribution in [0.5, 0.6) is 0 Å². The second-order valence-corrected chi connectivity index (χ2v) is 12.6. The number of aliphatic hydroxyl groups excluding tert-OH is 2. The van der Waals surface area contributed by atoms with Gasteiger partial charge in [0.2, 0.25) is 0 Å². The van der Waals surface area contributed by atoms with E-state index in [1.807, 2.05) is 6.92 Å². The monoisotopic (exact) mass is 683 g/mol. The summed E-state index contributed by atoms with van der Waals surface area (Å²) in [5.41, 5.74) is 6.21. The fraction of sp³-hybridized carbons (Fsp3) is 0.643. The number of nitrogen functional groups attached to an aromatic ring is 1. The van der Waals surface area contributed by atoms with Crippen molar-refractivity contribution in [2.75, 3.05) is 18.1 Å². The minimum absolute atomic E-state index is 0. The summed E-state index contributed by atoms with van der Waals surface area (Å²) in [6, 6.07) is 0. The third kappa shape index (κ3) is 12.6. The molecule has 1 fully saturated rings. The van der Waals surface area contributed by atoms with Crippen molar-refractivity contribution in [2.45, 2.75) is 49.5 Å². The number of fused-ring (bicyclic) bond motifs is 1. The summed E-state index contributed by atoms with van der Waals surface area (Å²) in [5, 5.41) is 21.3. The average molecular weight is 683 g/mol. The van der Waals surface area contributed by atoms with Crippen LogP contribution >= 0.6 is 35.2 Å². The van der Waals surface area contributed by atoms with Gasteiger partial charge in [0, 0.05) is 5.75 Å². The molecule has 6 atom stereocenters. The molecule has 2 aromatic heterocycles. The van der Waals surface area contributed by atoms with Gasteiger partial charge in [0.15, 0.2) is 28.4 Å². The molecule has 204 valence electrons. The zero-order chi connectivity index (χ0) is 26.9. The van der Waals surface area contributed by atoms with Crippen LogP contribution in [0.25, 0.3) is 11.2 Å². The molecule has 0 bridgehead atoms. The second-order valence-electron chi connectivity index (χ2n) is 7.24. The Labute approximate surface area is 320 Å². The quantitative estimate of drug-likeness (QED) is 0.0810. The SMILES string of the molecule is CCCCSc1nc2c(N)ncnc2n1[C@@H]1O[C@H](COP(=O)([O-])OP(=O)([O-])OP(=O)([O-])[O-])[C@@H](O)[C@H]1O.[Na+].[Na+].[Na+].[Na+]. The van der Waals surface area contributed by atoms with E-state index in [1.54, 1.807) is 0 Å². The number of imidazole rings is 1. The van der Waals surface area contributed by atoms with Gasteiger partial charge in [-0.1, -0.05) is 25.1 Å². The summed E-state index contributed by atoms with van der Waals surface area (Å²) in [4.78, 5) is 56.2. The topological polar surface area (TPSA) is 290 Å². The summed E-state index contributed by atoms with van der Waals surface area (Å²) in [6.07, 6.45) is -3.48. The van der Waals surface area contributed by atoms with Crippen LogP contribution in [-0.2, 0) is 31.6 Å². The summed E-state index contributed by atoms with van der Waals surface area (Å²) in [6.45, 7) is 0.901. The molecule has 40 heavy (non-hydrogen) atoms. The second kappa shape index (κ2) is 19.0. The Morgan fingerprint density at radius 2 is 1.68 bits per heavy atom. The third-order valence-electron chi connectivity index (χ3n) is 4.59. The maximum absolute atomic E-state index is 11.8. The number of nitrogens with zero attached hydrogens (tertiary/aromatic N) is 4. The molecular weight excluding hydrogens is 663 g/mol. The van der Waals surface area contributed by atoms with Crippen molar-refractivity contribution in [2.24, 2.45) is 0 Å². The molecule has 18 nitrogen and oxygen atoms in total. The van der Waals surface area contributed by atoms with Crippen LogP contribution in [0.15, 0.2) is 11.5 Å². The van der Waals surface area contributed by atoms with Crippen LogP contribution in [0.1, 0.15) is 26.0 Å². The molecule has 1 aliphatic rings. The Morgan fingerprint density at radius 1 is 1.05 bits per heavy atom. The Balaban J connectivity index is 0. The summed E-state index contributed by atoms with van der Waals surface area (Å²) in [7, 11) is -18.1. The first kappa shape index (κ1) is 45.1. The Kier molecular flexibility index (Phi) is 21.4. The van der Waals surface area contributed by atoms with Crippen LogP contribution in [0.4, 0.5) is 5.82 Å². The maximum Gasteiger partial charge on any atom is 1.00 e. The Hall–Kier alpha value is 2.99. The van der Waals surface area contributed by atoms with Gasteiger partial charge >= 0.3 is 118 Å². The molecule has 1 aliphatic heterocycles. The number of phosphoric ester groups is 1. The number of anilines is 1. The zero-order valence-corrected chi connectivity index (χ0v) is 33.7. The average Bonchev–Trinajstić information content (AvgIpc) is 3.22. The molecule has 4 N–H and O–H groups in total. The summed E-state index contributed by atoms with van der Waals surface area (Å²) < 4.78 is 51.3. The van der Waals surface area contributed by atoms with E-state index in [1.165, 1.54) is 16.3 Å². The predicted octanol–water partition coefficient (Wildman–Crippen LogP) is -14.2. The van der Waals surface area contributed by atoms with Crippen molar-refractivity contribution in [3.05, 3.63) is 6.33 Å². The normalized spacial score (nSPS) is 23.6. The number of thioether (sulfide) groups is 1. The van der Waals surface area contributed by atoms with E-state index >= 15 is 0 Å². The van der Waals surface area contributed by atoms with Crippen molar-refractivity contribution < 1.29 is 180 Å². The van der Waals surface area contributed by atoms with Gasteiger partial charge in [0.1, 0.15) is 24.6 Å². The number of phosphoric acid groups is 3. The van der Waals surface area contributed by atoms with Gasteiger partial charge in [-0.05, 0) is 6.42 Å². The smallest absolute Gasteiger partial charge is 0.790 e. The number of nitrogens with two attached hydrogens (primary N) is 1. The van der Waals surface area contributed by atoms with Crippen molar-refractivity contribution in [1.29, 1.82) is 0 Å². The number of unbranched alkanes of at least 4 members (excludes halogenated alkanes) is 1. The number of aliphatic hydroxyl groups is 2. The minimum atomic E-state index is -6.16. The van der Waals surface area contributed by atoms with E-state index in [9.17, 15) is 43.5 Å². The third-order valence-corrected chi connectivity index (χ3v) is 9.29. The molecule has 2 unspecified atom stereocenters. The van der Waals surface area contributed by atoms with E-state index in [0.717, 1.165) is 19.2 Å². The molecule has 2 aromatic rings. The number of aromatic nitrogens is 4. The van der Waals surface area contributed by atoms with Crippen molar-refractivity contribution in [1.82, 2.24) is 19.5 Å². The molecule has 0 radical (unpaired) electrons. The van der Waals surface area contributed by atoms with Crippen molar-refractivity contribution >= 4 is 52.2 Å². The molecule has 3 heterocycles. The zero-order valence-electron chi connectivity index (χ0n) is 22.2. The maximum atomic E-state index is 11.8. The number of ether oxygens (including phenoxy) is 1. The van der Waals surface area contributed by atoms with Crippen molar-refractivity contribution in [3.63, 3.8) is 0 Å². The first-order chi connectivity index (χ1) is 16.6. The van der Waals surface area contributed by atoms with Crippen LogP contribution in [0.2, 0.25) is 0 Å². The first-order valence-corrected chi connectivity index (χ1v) is 15.3. The van der Waals surface area contributed by atoms with Crippen molar-refractivity contribution in [3.8, 4) is 0 Å². The van der Waals surface area contributed by atoms with E-state index in [0.29, 0.717) is 10.9 Å². The minimum Gasteiger partial charge on any atom is -0.790 e. The molecule has 3 rings (SSSR count). The molecule has 0 aliphatic carbocycles. The van der Waals surface area contributed by atoms with E-state index in [2.05, 4.69) is 28.1 Å². The molecule has 0 spiro atoms. The Bertz CT molecular complexity index is 1250. The van der Waals surface area contributed by atoms with Crippen LogP contribution in [-0.4, -0.2) is 60.4 Å². The fourth-order valence-corrected chi connectivity index (χ4v) is 7.04. The number of rotatable bonds is 12. The molecular formula is C14H20N5Na4O13P3S. The first-order valence-electron chi connectivity index (χ1n) is 9.98. The summed E-state index contributed by atoms with van der Waals surface area (Å²) in [5.74, 6) is 0.664. The Morgan fingerprint density at radius 3 is 2.25 bits per heavy atom. The van der Waals surface area contributed by atoms with Gasteiger partial charge in [0.25, 0.3) is 15.6 Å². The summed E-state index contributed by atoms with van der Waals surface area (Å²) >= 11 is 1.28. The molecule has 0 saturated carbocycles. The number of hydrogen-bond donors (Lipinski definition) is 3. The van der Waals surface area contributed by atoms with E-state index < -0.39 is 54.6 Å². The van der Waals surface area contributed by atoms with Gasteiger partial charge in [-0.15, -0.1) is 0 Å². The van der Waals surface area contributed by atoms with Crippen LogP contribution in [0.3, 0.4) is 0 Å². The van der Waals surface area contributed by atoms with Gasteiger partial charge in [-0.2, -0.15) is 0 Å². The van der Waals surface area contributed by atoms with Gasteiger partial charge in [-0.3, -0.25) is 18.0 Å². The standard InChI is InChI=1S/C14H24N5O13P3S.4Na/c1-2-3-4-36-14-18-8-11(15)16-6-17-12(8)19(14)13-10(21)9(20)7(30-13)5-29-34(25,26)32-35(27,28)31-33(22,23)24;;;;/h6-7,9-10,13,20-21H,2-5H2,1H3,(H,25,26)(H,27,28)(H2,15,16,17)(H2,22,23,24);;;;/q;4*+1/p-4/t7-,9-,10-,13-;;;;/m1..../s1. The molecule has 0 amide bonds. The van der Waals surface area contributed by atoms with Gasteiger partial charge < -0.3 is 49.3 Å². The van der Waals surface area contributed by atoms with E-state index in [-0.39, 0.29) is 135 Å². The largest absolute Gasteiger partial charge is 1.00 e. The fourth-order valence-electron chi connectivity index (χ4n) is 3.07. The number of hydrogen-bond acceptors (Lipinski definition) is 18. The van der Waals surface area contributed by atoms with Crippen LogP contribution < -0.4 is 144 Å². The van der Waals surface area contributed by atoms with Gasteiger partial charge in [-0.25, -0.2) is 19.3 Å².